The van der Waals surface area contributed by atoms with Crippen molar-refractivity contribution in [1.29, 1.82) is 0 Å². The third-order valence-corrected chi connectivity index (χ3v) is 4.78. The first-order valence-corrected chi connectivity index (χ1v) is 7.73. The predicted octanol–water partition coefficient (Wildman–Crippen LogP) is 5.45. The molecule has 0 spiro atoms. The van der Waals surface area contributed by atoms with Gasteiger partial charge in [0.1, 0.15) is 0 Å². The highest BCUT2D eigenvalue weighted by Crippen LogP contribution is 2.38. The zero-order chi connectivity index (χ0) is 13.3. The van der Waals surface area contributed by atoms with Gasteiger partial charge in [0.2, 0.25) is 0 Å². The van der Waals surface area contributed by atoms with Crippen molar-refractivity contribution in [2.45, 2.75) is 59.4 Å². The zero-order valence-electron chi connectivity index (χ0n) is 11.9. The summed E-state index contributed by atoms with van der Waals surface area (Å²) in [7, 11) is 0. The molecule has 1 fully saturated rings. The normalized spacial score (nSPS) is 22.8. The van der Waals surface area contributed by atoms with Crippen LogP contribution in [0.3, 0.4) is 0 Å². The van der Waals surface area contributed by atoms with E-state index in [2.05, 4.69) is 61.1 Å². The zero-order valence-corrected chi connectivity index (χ0v) is 13.5. The Labute approximate surface area is 119 Å². The van der Waals surface area contributed by atoms with Gasteiger partial charge in [-0.25, -0.2) is 0 Å². The molecular weight excluding hydrogens is 286 g/mol. The third-order valence-electron chi connectivity index (χ3n) is 4.32. The summed E-state index contributed by atoms with van der Waals surface area (Å²) < 4.78 is 1.17. The average Bonchev–Trinajstić information content (AvgIpc) is 2.24. The second-order valence-corrected chi connectivity index (χ2v) is 7.26. The van der Waals surface area contributed by atoms with Crippen molar-refractivity contribution in [2.75, 3.05) is 5.32 Å². The molecule has 1 aliphatic carbocycles. The highest BCUT2D eigenvalue weighted by Gasteiger charge is 2.32. The largest absolute Gasteiger partial charge is 0.381 e. The van der Waals surface area contributed by atoms with Crippen molar-refractivity contribution in [1.82, 2.24) is 0 Å². The van der Waals surface area contributed by atoms with E-state index >= 15 is 0 Å². The quantitative estimate of drug-likeness (QED) is 0.766. The number of benzene rings is 1. The molecule has 1 unspecified atom stereocenters. The topological polar surface area (TPSA) is 12.0 Å². The SMILES string of the molecule is Cc1cc(Br)cc(C)c1NC1CCCCC1(C)C. The molecular formula is C16H24BrN. The first kappa shape index (κ1) is 13.9. The Hall–Kier alpha value is -0.500. The monoisotopic (exact) mass is 309 g/mol. The standard InChI is InChI=1S/C16H24BrN/c1-11-9-13(17)10-12(2)15(11)18-14-7-5-6-8-16(14,3)4/h9-10,14,18H,5-8H2,1-4H3. The van der Waals surface area contributed by atoms with Gasteiger partial charge in [0, 0.05) is 16.2 Å². The highest BCUT2D eigenvalue weighted by molar-refractivity contribution is 9.10. The lowest BCUT2D eigenvalue weighted by Crippen LogP contribution is -2.39. The smallest absolute Gasteiger partial charge is 0.0402 e. The summed E-state index contributed by atoms with van der Waals surface area (Å²) >= 11 is 3.57. The number of aryl methyl sites for hydroxylation is 2. The first-order valence-electron chi connectivity index (χ1n) is 6.93. The van der Waals surface area contributed by atoms with E-state index in [-0.39, 0.29) is 0 Å². The summed E-state index contributed by atoms with van der Waals surface area (Å²) in [5.41, 5.74) is 4.41. The van der Waals surface area contributed by atoms with Gasteiger partial charge in [-0.2, -0.15) is 0 Å². The van der Waals surface area contributed by atoms with E-state index in [1.165, 1.54) is 47.0 Å². The molecule has 2 heteroatoms. The number of rotatable bonds is 2. The molecule has 0 aromatic heterocycles. The Kier molecular flexibility index (Phi) is 4.05. The van der Waals surface area contributed by atoms with Crippen LogP contribution in [0.4, 0.5) is 5.69 Å². The van der Waals surface area contributed by atoms with Gasteiger partial charge in [-0.15, -0.1) is 0 Å². The number of anilines is 1. The molecule has 0 heterocycles. The van der Waals surface area contributed by atoms with Crippen molar-refractivity contribution in [3.8, 4) is 0 Å². The van der Waals surface area contributed by atoms with Crippen molar-refractivity contribution >= 4 is 21.6 Å². The summed E-state index contributed by atoms with van der Waals surface area (Å²) in [6.45, 7) is 9.17. The van der Waals surface area contributed by atoms with Crippen LogP contribution < -0.4 is 5.32 Å². The van der Waals surface area contributed by atoms with E-state index in [0.717, 1.165) is 0 Å². The van der Waals surface area contributed by atoms with E-state index in [1.807, 2.05) is 0 Å². The molecule has 0 amide bonds. The maximum absolute atomic E-state index is 3.81. The molecule has 0 bridgehead atoms. The van der Waals surface area contributed by atoms with Gasteiger partial charge in [-0.1, -0.05) is 42.6 Å². The molecule has 2 rings (SSSR count). The Morgan fingerprint density at radius 2 is 1.78 bits per heavy atom. The van der Waals surface area contributed by atoms with Gasteiger partial charge in [0.25, 0.3) is 0 Å². The van der Waals surface area contributed by atoms with Crippen LogP contribution in [0.25, 0.3) is 0 Å². The Balaban J connectivity index is 2.23. The van der Waals surface area contributed by atoms with Crippen LogP contribution in [0.5, 0.6) is 0 Å². The minimum absolute atomic E-state index is 0.407. The van der Waals surface area contributed by atoms with Crippen LogP contribution in [-0.4, -0.2) is 6.04 Å². The molecule has 1 aliphatic rings. The van der Waals surface area contributed by atoms with Gasteiger partial charge in [0.05, 0.1) is 0 Å². The number of hydrogen-bond acceptors (Lipinski definition) is 1. The summed E-state index contributed by atoms with van der Waals surface area (Å²) in [6, 6.07) is 5.00. The second kappa shape index (κ2) is 5.24. The molecule has 1 N–H and O–H groups in total. The third kappa shape index (κ3) is 2.90. The first-order chi connectivity index (χ1) is 8.40. The van der Waals surface area contributed by atoms with Gasteiger partial charge in [0.15, 0.2) is 0 Å². The van der Waals surface area contributed by atoms with Crippen LogP contribution in [0.1, 0.15) is 50.7 Å². The Morgan fingerprint density at radius 1 is 1.17 bits per heavy atom. The van der Waals surface area contributed by atoms with Crippen LogP contribution in [0.2, 0.25) is 0 Å². The number of nitrogens with one attached hydrogen (secondary N) is 1. The second-order valence-electron chi connectivity index (χ2n) is 6.35. The Morgan fingerprint density at radius 3 is 2.33 bits per heavy atom. The highest BCUT2D eigenvalue weighted by atomic mass is 79.9. The van der Waals surface area contributed by atoms with Crippen molar-refractivity contribution in [2.24, 2.45) is 5.41 Å². The molecule has 100 valence electrons. The fourth-order valence-electron chi connectivity index (χ4n) is 3.07. The molecule has 0 aliphatic heterocycles. The molecule has 18 heavy (non-hydrogen) atoms. The summed E-state index contributed by atoms with van der Waals surface area (Å²) in [5.74, 6) is 0. The molecule has 1 atom stereocenters. The van der Waals surface area contributed by atoms with Crippen LogP contribution in [0.15, 0.2) is 16.6 Å². The molecule has 0 saturated heterocycles. The minimum atomic E-state index is 0.407. The molecule has 1 saturated carbocycles. The van der Waals surface area contributed by atoms with E-state index in [9.17, 15) is 0 Å². The lowest BCUT2D eigenvalue weighted by molar-refractivity contribution is 0.217. The van der Waals surface area contributed by atoms with E-state index in [0.29, 0.717) is 11.5 Å². The lowest BCUT2D eigenvalue weighted by Gasteiger charge is -2.40. The van der Waals surface area contributed by atoms with Crippen molar-refractivity contribution < 1.29 is 0 Å². The van der Waals surface area contributed by atoms with E-state index in [4.69, 9.17) is 0 Å². The molecule has 0 radical (unpaired) electrons. The fraction of sp³-hybridized carbons (Fsp3) is 0.625. The maximum atomic E-state index is 3.81. The fourth-order valence-corrected chi connectivity index (χ4v) is 3.76. The van der Waals surface area contributed by atoms with E-state index < -0.39 is 0 Å². The van der Waals surface area contributed by atoms with Crippen LogP contribution in [-0.2, 0) is 0 Å². The van der Waals surface area contributed by atoms with Gasteiger partial charge >= 0.3 is 0 Å². The number of halogens is 1. The molecule has 1 nitrogen and oxygen atoms in total. The summed E-state index contributed by atoms with van der Waals surface area (Å²) in [4.78, 5) is 0. The maximum Gasteiger partial charge on any atom is 0.0402 e. The van der Waals surface area contributed by atoms with Crippen molar-refractivity contribution in [3.63, 3.8) is 0 Å². The molecule has 1 aromatic carbocycles. The van der Waals surface area contributed by atoms with Crippen molar-refractivity contribution in [3.05, 3.63) is 27.7 Å². The van der Waals surface area contributed by atoms with Gasteiger partial charge < -0.3 is 5.32 Å². The predicted molar refractivity (Wildman–Crippen MR) is 83.3 cm³/mol. The summed E-state index contributed by atoms with van der Waals surface area (Å²) in [5, 5.41) is 3.81. The van der Waals surface area contributed by atoms with E-state index in [1.54, 1.807) is 0 Å². The Bertz CT molecular complexity index is 414. The summed E-state index contributed by atoms with van der Waals surface area (Å²) in [6.07, 6.45) is 5.36. The molecule has 1 aromatic rings. The van der Waals surface area contributed by atoms with Gasteiger partial charge in [-0.3, -0.25) is 0 Å². The minimum Gasteiger partial charge on any atom is -0.381 e. The number of hydrogen-bond donors (Lipinski definition) is 1. The lowest BCUT2D eigenvalue weighted by atomic mass is 9.73. The average molecular weight is 310 g/mol. The van der Waals surface area contributed by atoms with Crippen LogP contribution >= 0.6 is 15.9 Å². The van der Waals surface area contributed by atoms with Gasteiger partial charge in [-0.05, 0) is 55.4 Å². The van der Waals surface area contributed by atoms with Crippen LogP contribution in [0, 0.1) is 19.3 Å².